The Morgan fingerprint density at radius 3 is 2.90 bits per heavy atom. The highest BCUT2D eigenvalue weighted by molar-refractivity contribution is 7.09. The van der Waals surface area contributed by atoms with Crippen molar-refractivity contribution in [2.75, 3.05) is 0 Å². The topological polar surface area (TPSA) is 14.1 Å². The first-order chi connectivity index (χ1) is 4.47. The van der Waals surface area contributed by atoms with Gasteiger partial charge in [-0.25, -0.2) is 4.98 Å². The zero-order valence-corrected chi connectivity index (χ0v) is 7.26. The van der Waals surface area contributed by atoms with Crippen molar-refractivity contribution in [1.29, 1.82) is 0 Å². The quantitative estimate of drug-likeness (QED) is 0.453. The van der Waals surface area contributed by atoms with Gasteiger partial charge in [0.25, 0.3) is 0 Å². The van der Waals surface area contributed by atoms with E-state index in [1.54, 1.807) is 4.88 Å². The maximum Gasteiger partial charge on any atom is 0.223 e. The fraction of sp³-hybridized carbons (Fsp3) is 0.571. The minimum Gasteiger partial charge on any atom is -1.00 e. The molecule has 2 rings (SSSR count). The molecular formula is C7H10ClNS. The third kappa shape index (κ3) is 1.32. The van der Waals surface area contributed by atoms with E-state index in [9.17, 15) is 0 Å². The molecule has 0 unspecified atom stereocenters. The van der Waals surface area contributed by atoms with Gasteiger partial charge in [0.05, 0.1) is 4.88 Å². The summed E-state index contributed by atoms with van der Waals surface area (Å²) in [7, 11) is 0. The maximum atomic E-state index is 3.28. The van der Waals surface area contributed by atoms with Gasteiger partial charge in [-0.2, -0.15) is 0 Å². The summed E-state index contributed by atoms with van der Waals surface area (Å²) < 4.78 is 0. The van der Waals surface area contributed by atoms with Gasteiger partial charge in [0.1, 0.15) is 0 Å². The van der Waals surface area contributed by atoms with Gasteiger partial charge in [0, 0.05) is 6.42 Å². The van der Waals surface area contributed by atoms with Crippen molar-refractivity contribution in [3.63, 3.8) is 0 Å². The van der Waals surface area contributed by atoms with Crippen molar-refractivity contribution >= 4 is 11.3 Å². The molecular weight excluding hydrogens is 166 g/mol. The highest BCUT2D eigenvalue weighted by Crippen LogP contribution is 2.20. The normalized spacial score (nSPS) is 15.6. The molecule has 0 saturated heterocycles. The van der Waals surface area contributed by atoms with Crippen LogP contribution in [0.4, 0.5) is 0 Å². The summed E-state index contributed by atoms with van der Waals surface area (Å²) in [5.41, 5.74) is 3.59. The second-order valence-electron chi connectivity index (χ2n) is 2.49. The number of H-pyrrole nitrogens is 1. The highest BCUT2D eigenvalue weighted by atomic mass is 35.5. The predicted octanol–water partition coefficient (Wildman–Crippen LogP) is -1.55. The molecule has 0 saturated carbocycles. The van der Waals surface area contributed by atoms with E-state index in [2.05, 4.69) is 10.5 Å². The molecule has 0 radical (unpaired) electrons. The first-order valence-electron chi connectivity index (χ1n) is 3.44. The summed E-state index contributed by atoms with van der Waals surface area (Å²) in [6, 6.07) is 0. The average molecular weight is 176 g/mol. The highest BCUT2D eigenvalue weighted by Gasteiger charge is 2.15. The summed E-state index contributed by atoms with van der Waals surface area (Å²) in [6.07, 6.45) is 5.35. The standard InChI is InChI=1S/C7H9NS.ClH/c1-2-4-7-6(3-1)8-5-9-7;/h5H,1-4H2;1H. The summed E-state index contributed by atoms with van der Waals surface area (Å²) in [5, 5.41) is 0. The van der Waals surface area contributed by atoms with Crippen molar-refractivity contribution in [3.05, 3.63) is 16.1 Å². The summed E-state index contributed by atoms with van der Waals surface area (Å²) in [4.78, 5) is 4.86. The van der Waals surface area contributed by atoms with E-state index in [4.69, 9.17) is 0 Å². The minimum atomic E-state index is 0. The molecule has 1 heterocycles. The molecule has 0 bridgehead atoms. The molecule has 0 spiro atoms. The number of halogens is 1. The maximum absolute atomic E-state index is 3.28. The van der Waals surface area contributed by atoms with E-state index in [-0.39, 0.29) is 12.4 Å². The van der Waals surface area contributed by atoms with E-state index in [0.29, 0.717) is 0 Å². The van der Waals surface area contributed by atoms with E-state index < -0.39 is 0 Å². The van der Waals surface area contributed by atoms with Gasteiger partial charge in [-0.15, -0.1) is 0 Å². The van der Waals surface area contributed by atoms with Crippen LogP contribution in [0, 0.1) is 0 Å². The molecule has 0 amide bonds. The van der Waals surface area contributed by atoms with Crippen LogP contribution < -0.4 is 17.4 Å². The average Bonchev–Trinajstić information content (AvgIpc) is 2.33. The van der Waals surface area contributed by atoms with Crippen LogP contribution >= 0.6 is 11.3 Å². The molecule has 0 fully saturated rings. The van der Waals surface area contributed by atoms with Crippen molar-refractivity contribution < 1.29 is 17.4 Å². The Morgan fingerprint density at radius 2 is 2.10 bits per heavy atom. The van der Waals surface area contributed by atoms with Gasteiger partial charge in [-0.1, -0.05) is 11.3 Å². The molecule has 0 aliphatic heterocycles. The van der Waals surface area contributed by atoms with Gasteiger partial charge in [0.15, 0.2) is 5.69 Å². The molecule has 1 nitrogen and oxygen atoms in total. The predicted molar refractivity (Wildman–Crippen MR) is 37.5 cm³/mol. The molecule has 10 heavy (non-hydrogen) atoms. The van der Waals surface area contributed by atoms with Crippen molar-refractivity contribution in [2.45, 2.75) is 25.7 Å². The Labute approximate surface area is 70.9 Å². The van der Waals surface area contributed by atoms with E-state index in [1.165, 1.54) is 31.4 Å². The second kappa shape index (κ2) is 3.35. The fourth-order valence-corrected chi connectivity index (χ4v) is 2.24. The lowest BCUT2D eigenvalue weighted by atomic mass is 10.0. The molecule has 0 aromatic carbocycles. The first kappa shape index (κ1) is 8.02. The zero-order chi connectivity index (χ0) is 6.10. The Balaban J connectivity index is 0.000000500. The minimum absolute atomic E-state index is 0. The van der Waals surface area contributed by atoms with Crippen LogP contribution in [-0.4, -0.2) is 0 Å². The molecule has 56 valence electrons. The summed E-state index contributed by atoms with van der Waals surface area (Å²) >= 11 is 1.87. The van der Waals surface area contributed by atoms with Gasteiger partial charge >= 0.3 is 0 Å². The van der Waals surface area contributed by atoms with Gasteiger partial charge in [-0.3, -0.25) is 0 Å². The summed E-state index contributed by atoms with van der Waals surface area (Å²) in [6.45, 7) is 0. The second-order valence-corrected chi connectivity index (χ2v) is 3.45. The van der Waals surface area contributed by atoms with Crippen LogP contribution in [0.1, 0.15) is 23.4 Å². The fourth-order valence-electron chi connectivity index (χ4n) is 1.33. The number of aryl methyl sites for hydroxylation is 2. The lowest BCUT2D eigenvalue weighted by Crippen LogP contribution is -3.00. The van der Waals surface area contributed by atoms with Gasteiger partial charge < -0.3 is 12.4 Å². The molecule has 1 aliphatic rings. The van der Waals surface area contributed by atoms with Crippen molar-refractivity contribution in [1.82, 2.24) is 0 Å². The lowest BCUT2D eigenvalue weighted by molar-refractivity contribution is -0.384. The van der Waals surface area contributed by atoms with Crippen LogP contribution in [-0.2, 0) is 12.8 Å². The number of rotatable bonds is 0. The van der Waals surface area contributed by atoms with E-state index >= 15 is 0 Å². The van der Waals surface area contributed by atoms with E-state index in [0.717, 1.165) is 0 Å². The number of fused-ring (bicyclic) bond motifs is 1. The van der Waals surface area contributed by atoms with Crippen LogP contribution in [0.5, 0.6) is 0 Å². The van der Waals surface area contributed by atoms with Crippen LogP contribution in [0.15, 0.2) is 5.51 Å². The molecule has 3 heteroatoms. The van der Waals surface area contributed by atoms with Crippen LogP contribution in [0.25, 0.3) is 0 Å². The van der Waals surface area contributed by atoms with Crippen molar-refractivity contribution in [2.24, 2.45) is 0 Å². The Morgan fingerprint density at radius 1 is 1.30 bits per heavy atom. The van der Waals surface area contributed by atoms with Crippen LogP contribution in [0.3, 0.4) is 0 Å². The number of hydrogen-bond acceptors (Lipinski definition) is 1. The molecule has 1 aromatic heterocycles. The third-order valence-electron chi connectivity index (χ3n) is 1.85. The lowest BCUT2D eigenvalue weighted by Gasteiger charge is -2.02. The Bertz CT molecular complexity index is 189. The third-order valence-corrected chi connectivity index (χ3v) is 2.82. The Kier molecular flexibility index (Phi) is 2.69. The molecule has 1 aliphatic carbocycles. The van der Waals surface area contributed by atoms with Gasteiger partial charge in [0.2, 0.25) is 5.51 Å². The number of thiazole rings is 1. The molecule has 1 N–H and O–H groups in total. The largest absolute Gasteiger partial charge is 1.00 e. The first-order valence-corrected chi connectivity index (χ1v) is 4.32. The molecule has 0 atom stereocenters. The van der Waals surface area contributed by atoms with Crippen molar-refractivity contribution in [3.8, 4) is 0 Å². The summed E-state index contributed by atoms with van der Waals surface area (Å²) in [5.74, 6) is 0. The number of hydrogen-bond donors (Lipinski definition) is 0. The van der Waals surface area contributed by atoms with Crippen LogP contribution in [0.2, 0.25) is 0 Å². The Hall–Kier alpha value is -0.0800. The monoisotopic (exact) mass is 175 g/mol. The zero-order valence-electron chi connectivity index (χ0n) is 5.69. The smallest absolute Gasteiger partial charge is 0.223 e. The van der Waals surface area contributed by atoms with E-state index in [1.807, 2.05) is 11.3 Å². The number of aromatic nitrogens is 1. The number of nitrogens with one attached hydrogen (secondary N) is 1. The molecule has 1 aromatic rings. The SMILES string of the molecule is [Cl-].c1[nH+]c2c(s1)CCCC2. The number of aromatic amines is 1. The van der Waals surface area contributed by atoms with Gasteiger partial charge in [-0.05, 0) is 19.3 Å².